The van der Waals surface area contributed by atoms with Gasteiger partial charge in [0, 0.05) is 0 Å². The predicted molar refractivity (Wildman–Crippen MR) is 70.4 cm³/mol. The number of carbonyl (C=O) groups excluding carboxylic acids is 1. The first-order valence-corrected chi connectivity index (χ1v) is 5.73. The first-order valence-electron chi connectivity index (χ1n) is 5.73. The Morgan fingerprint density at radius 3 is 2.84 bits per heavy atom. The number of H-pyrrole nitrogens is 1. The molecule has 2 aromatic carbocycles. The van der Waals surface area contributed by atoms with E-state index in [1.165, 1.54) is 18.5 Å². The van der Waals surface area contributed by atoms with Crippen molar-refractivity contribution in [3.8, 4) is 0 Å². The quantitative estimate of drug-likeness (QED) is 0.739. The second kappa shape index (κ2) is 4.53. The number of halogens is 1. The smallest absolute Gasteiger partial charge is 0.258 e. The molecule has 3 rings (SSSR count). The van der Waals surface area contributed by atoms with E-state index in [-0.39, 0.29) is 11.6 Å². The molecule has 0 atom stereocenters. The molecule has 0 aliphatic rings. The maximum Gasteiger partial charge on any atom is 0.258 e. The molecule has 0 radical (unpaired) electrons. The number of amides is 1. The number of anilines is 1. The van der Waals surface area contributed by atoms with Gasteiger partial charge < -0.3 is 10.3 Å². The molecular weight excluding hydrogens is 245 g/mol. The number of aromatic amines is 1. The van der Waals surface area contributed by atoms with Crippen molar-refractivity contribution in [1.29, 1.82) is 0 Å². The Morgan fingerprint density at radius 1 is 1.16 bits per heavy atom. The Bertz CT molecular complexity index is 751. The molecule has 2 N–H and O–H groups in total. The largest absolute Gasteiger partial charge is 0.345 e. The maximum absolute atomic E-state index is 13.5. The molecule has 0 aliphatic carbocycles. The summed E-state index contributed by atoms with van der Waals surface area (Å²) in [6, 6.07) is 11.3. The summed E-state index contributed by atoms with van der Waals surface area (Å²) < 4.78 is 13.5. The molecule has 0 aliphatic heterocycles. The Labute approximate surface area is 108 Å². The van der Waals surface area contributed by atoms with Crippen molar-refractivity contribution >= 4 is 22.6 Å². The number of aromatic nitrogens is 2. The van der Waals surface area contributed by atoms with Crippen molar-refractivity contribution in [3.05, 3.63) is 60.2 Å². The molecule has 0 fully saturated rings. The van der Waals surface area contributed by atoms with Crippen LogP contribution in [-0.2, 0) is 0 Å². The molecule has 0 unspecified atom stereocenters. The molecule has 1 aromatic heterocycles. The SMILES string of the molecule is O=C(Nc1ccccc1F)c1cccc2[nH]cnc12. The third-order valence-corrected chi connectivity index (χ3v) is 2.82. The van der Waals surface area contributed by atoms with E-state index in [2.05, 4.69) is 15.3 Å². The van der Waals surface area contributed by atoms with Crippen molar-refractivity contribution in [1.82, 2.24) is 9.97 Å². The number of fused-ring (bicyclic) bond motifs is 1. The van der Waals surface area contributed by atoms with Gasteiger partial charge in [-0.25, -0.2) is 9.37 Å². The van der Waals surface area contributed by atoms with Crippen LogP contribution in [0.5, 0.6) is 0 Å². The van der Waals surface area contributed by atoms with Gasteiger partial charge in [-0.15, -0.1) is 0 Å². The van der Waals surface area contributed by atoms with E-state index in [9.17, 15) is 9.18 Å². The molecule has 5 heteroatoms. The minimum atomic E-state index is -0.468. The Hall–Kier alpha value is -2.69. The van der Waals surface area contributed by atoms with Crippen molar-refractivity contribution in [3.63, 3.8) is 0 Å². The van der Waals surface area contributed by atoms with Crippen LogP contribution in [0.4, 0.5) is 10.1 Å². The normalized spacial score (nSPS) is 10.6. The summed E-state index contributed by atoms with van der Waals surface area (Å²) >= 11 is 0. The number of nitrogens with one attached hydrogen (secondary N) is 2. The van der Waals surface area contributed by atoms with Gasteiger partial charge in [0.15, 0.2) is 0 Å². The van der Waals surface area contributed by atoms with E-state index >= 15 is 0 Å². The standard InChI is InChI=1S/C14H10FN3O/c15-10-5-1-2-6-11(10)18-14(19)9-4-3-7-12-13(9)17-8-16-12/h1-8H,(H,16,17)(H,18,19). The van der Waals surface area contributed by atoms with E-state index in [0.29, 0.717) is 11.1 Å². The monoisotopic (exact) mass is 255 g/mol. The molecule has 0 saturated heterocycles. The van der Waals surface area contributed by atoms with E-state index < -0.39 is 5.82 Å². The average molecular weight is 255 g/mol. The van der Waals surface area contributed by atoms with Crippen LogP contribution in [0.15, 0.2) is 48.8 Å². The van der Waals surface area contributed by atoms with Crippen molar-refractivity contribution in [2.75, 3.05) is 5.32 Å². The van der Waals surface area contributed by atoms with Crippen molar-refractivity contribution in [2.24, 2.45) is 0 Å². The minimum Gasteiger partial charge on any atom is -0.345 e. The molecule has 19 heavy (non-hydrogen) atoms. The summed E-state index contributed by atoms with van der Waals surface area (Å²) in [4.78, 5) is 19.2. The Morgan fingerprint density at radius 2 is 2.00 bits per heavy atom. The number of nitrogens with zero attached hydrogens (tertiary/aromatic N) is 1. The van der Waals surface area contributed by atoms with Crippen molar-refractivity contribution < 1.29 is 9.18 Å². The average Bonchev–Trinajstić information content (AvgIpc) is 2.89. The van der Waals surface area contributed by atoms with Crippen LogP contribution in [0.2, 0.25) is 0 Å². The lowest BCUT2D eigenvalue weighted by molar-refractivity contribution is 0.102. The summed E-state index contributed by atoms with van der Waals surface area (Å²) in [6.45, 7) is 0. The zero-order valence-electron chi connectivity index (χ0n) is 9.85. The minimum absolute atomic E-state index is 0.153. The highest BCUT2D eigenvalue weighted by atomic mass is 19.1. The fourth-order valence-electron chi connectivity index (χ4n) is 1.90. The third-order valence-electron chi connectivity index (χ3n) is 2.82. The van der Waals surface area contributed by atoms with Crippen LogP contribution in [0.1, 0.15) is 10.4 Å². The predicted octanol–water partition coefficient (Wildman–Crippen LogP) is 2.95. The molecular formula is C14H10FN3O. The summed E-state index contributed by atoms with van der Waals surface area (Å²) in [6.07, 6.45) is 1.52. The fourth-order valence-corrected chi connectivity index (χ4v) is 1.90. The van der Waals surface area contributed by atoms with Gasteiger partial charge in [0.25, 0.3) is 5.91 Å². The molecule has 1 heterocycles. The van der Waals surface area contributed by atoms with Gasteiger partial charge in [0.1, 0.15) is 11.3 Å². The lowest BCUT2D eigenvalue weighted by atomic mass is 10.1. The Kier molecular flexibility index (Phi) is 2.72. The van der Waals surface area contributed by atoms with Gasteiger partial charge in [-0.3, -0.25) is 4.79 Å². The highest BCUT2D eigenvalue weighted by Gasteiger charge is 2.13. The highest BCUT2D eigenvalue weighted by molar-refractivity contribution is 6.11. The van der Waals surface area contributed by atoms with Crippen molar-refractivity contribution in [2.45, 2.75) is 0 Å². The number of hydrogen-bond acceptors (Lipinski definition) is 2. The number of para-hydroxylation sites is 2. The van der Waals surface area contributed by atoms with Gasteiger partial charge in [-0.1, -0.05) is 18.2 Å². The van der Waals surface area contributed by atoms with Crippen LogP contribution in [0.25, 0.3) is 11.0 Å². The van der Waals surface area contributed by atoms with E-state index in [0.717, 1.165) is 5.52 Å². The summed E-state index contributed by atoms with van der Waals surface area (Å²) in [5, 5.41) is 2.54. The number of imidazole rings is 1. The second-order valence-electron chi connectivity index (χ2n) is 4.04. The van der Waals surface area contributed by atoms with Crippen LogP contribution in [0, 0.1) is 5.82 Å². The lowest BCUT2D eigenvalue weighted by Gasteiger charge is -2.06. The fraction of sp³-hybridized carbons (Fsp3) is 0. The second-order valence-corrected chi connectivity index (χ2v) is 4.04. The van der Waals surface area contributed by atoms with Crippen LogP contribution >= 0.6 is 0 Å². The molecule has 0 bridgehead atoms. The van der Waals surface area contributed by atoms with E-state index in [4.69, 9.17) is 0 Å². The molecule has 4 nitrogen and oxygen atoms in total. The van der Waals surface area contributed by atoms with Crippen LogP contribution in [0.3, 0.4) is 0 Å². The number of benzene rings is 2. The van der Waals surface area contributed by atoms with Crippen LogP contribution in [-0.4, -0.2) is 15.9 Å². The zero-order valence-corrected chi connectivity index (χ0v) is 9.85. The molecule has 1 amide bonds. The number of hydrogen-bond donors (Lipinski definition) is 2. The van der Waals surface area contributed by atoms with Gasteiger partial charge in [0.2, 0.25) is 0 Å². The topological polar surface area (TPSA) is 57.8 Å². The highest BCUT2D eigenvalue weighted by Crippen LogP contribution is 2.18. The number of rotatable bonds is 2. The summed E-state index contributed by atoms with van der Waals surface area (Å²) in [5.41, 5.74) is 1.89. The van der Waals surface area contributed by atoms with E-state index in [1.807, 2.05) is 6.07 Å². The third kappa shape index (κ3) is 2.06. The molecule has 94 valence electrons. The van der Waals surface area contributed by atoms with E-state index in [1.54, 1.807) is 24.3 Å². The maximum atomic E-state index is 13.5. The first-order chi connectivity index (χ1) is 9.25. The molecule has 3 aromatic rings. The van der Waals surface area contributed by atoms with Gasteiger partial charge in [-0.05, 0) is 24.3 Å². The molecule has 0 saturated carbocycles. The lowest BCUT2D eigenvalue weighted by Crippen LogP contribution is -2.13. The first kappa shape index (κ1) is 11.4. The van der Waals surface area contributed by atoms with Gasteiger partial charge in [0.05, 0.1) is 23.1 Å². The van der Waals surface area contributed by atoms with Gasteiger partial charge >= 0.3 is 0 Å². The zero-order chi connectivity index (χ0) is 13.2. The van der Waals surface area contributed by atoms with Crippen LogP contribution < -0.4 is 5.32 Å². The molecule has 0 spiro atoms. The summed E-state index contributed by atoms with van der Waals surface area (Å²) in [7, 11) is 0. The summed E-state index contributed by atoms with van der Waals surface area (Å²) in [5.74, 6) is -0.854. The van der Waals surface area contributed by atoms with Gasteiger partial charge in [-0.2, -0.15) is 0 Å². The Balaban J connectivity index is 1.97. The number of carbonyl (C=O) groups is 1.